The van der Waals surface area contributed by atoms with E-state index in [4.69, 9.17) is 24.8 Å². The van der Waals surface area contributed by atoms with Crippen molar-refractivity contribution in [3.05, 3.63) is 72.9 Å². The minimum atomic E-state index is -4.74. The number of ether oxygens (including phenoxy) is 2. The SMILES string of the molecule is CC/C=C\C/C=C\C/C=C\C/C=C\C/C=C\C/C=C\CCC(=O)O[C@H](COC(=O)CCCCCCCCCCCCCCCCC)COP(=O)(O)OC[C@H](N)C(=O)O. The van der Waals surface area contributed by atoms with Gasteiger partial charge in [-0.15, -0.1) is 0 Å². The number of carboxylic acid groups (broad SMARTS) is 1. The second-order valence-electron chi connectivity index (χ2n) is 14.5. The number of allylic oxidation sites excluding steroid dienone is 12. The van der Waals surface area contributed by atoms with Crippen molar-refractivity contribution in [3.8, 4) is 0 Å². The molecule has 1 unspecified atom stereocenters. The van der Waals surface area contributed by atoms with Crippen LogP contribution in [0.5, 0.6) is 0 Å². The van der Waals surface area contributed by atoms with E-state index < -0.39 is 51.1 Å². The zero-order valence-electron chi connectivity index (χ0n) is 35.9. The monoisotopic (exact) mass is 836 g/mol. The summed E-state index contributed by atoms with van der Waals surface area (Å²) >= 11 is 0. The number of rotatable bonds is 40. The van der Waals surface area contributed by atoms with Crippen molar-refractivity contribution >= 4 is 25.7 Å². The molecule has 0 radical (unpaired) electrons. The standard InChI is InChI=1S/C46H78NO10P/c1-3-5-7-9-11-13-15-17-19-20-21-22-24-26-28-30-32-34-36-38-45(49)57-42(40-55-58(52,53)56-41-43(47)46(50)51)39-54-44(48)37-35-33-31-29-27-25-23-18-16-14-12-10-8-6-4-2/h5,7,11,13,17,19,21-22,26,28,32,34,42-43H,3-4,6,8-10,12,14-16,18,20,23-25,27,29-31,33,35-41,47H2,1-2H3,(H,50,51)(H,52,53)/b7-5-,13-11-,19-17-,22-21-,28-26-,34-32-/t42-,43+/m1/s1. The van der Waals surface area contributed by atoms with E-state index in [1.165, 1.54) is 70.6 Å². The summed E-state index contributed by atoms with van der Waals surface area (Å²) in [5.41, 5.74) is 5.33. The highest BCUT2D eigenvalue weighted by atomic mass is 31.2. The molecule has 12 heteroatoms. The van der Waals surface area contributed by atoms with Crippen LogP contribution in [0, 0.1) is 0 Å². The van der Waals surface area contributed by atoms with Crippen molar-refractivity contribution in [2.45, 2.75) is 180 Å². The van der Waals surface area contributed by atoms with Gasteiger partial charge in [0.1, 0.15) is 12.6 Å². The molecular weight excluding hydrogens is 757 g/mol. The number of carbonyl (C=O) groups excluding carboxylic acids is 2. The largest absolute Gasteiger partial charge is 0.480 e. The molecule has 0 aromatic rings. The van der Waals surface area contributed by atoms with Crippen molar-refractivity contribution in [2.75, 3.05) is 19.8 Å². The molecule has 0 saturated carbocycles. The highest BCUT2D eigenvalue weighted by Crippen LogP contribution is 2.43. The Bertz CT molecular complexity index is 1260. The number of carboxylic acids is 1. The number of nitrogens with two attached hydrogens (primary N) is 1. The predicted molar refractivity (Wildman–Crippen MR) is 235 cm³/mol. The molecular formula is C46H78NO10P. The minimum absolute atomic E-state index is 0.0342. The fraction of sp³-hybridized carbons (Fsp3) is 0.674. The van der Waals surface area contributed by atoms with Gasteiger partial charge < -0.3 is 25.2 Å². The second-order valence-corrected chi connectivity index (χ2v) is 15.9. The van der Waals surface area contributed by atoms with E-state index in [9.17, 15) is 23.8 Å². The number of unbranched alkanes of at least 4 members (excludes halogenated alkanes) is 14. The van der Waals surface area contributed by atoms with Crippen LogP contribution in [0.4, 0.5) is 0 Å². The Morgan fingerprint density at radius 3 is 1.41 bits per heavy atom. The number of phosphoric acid groups is 1. The van der Waals surface area contributed by atoms with Gasteiger partial charge in [0, 0.05) is 12.8 Å². The van der Waals surface area contributed by atoms with Crippen LogP contribution in [0.25, 0.3) is 0 Å². The maximum absolute atomic E-state index is 12.6. The van der Waals surface area contributed by atoms with Crippen LogP contribution < -0.4 is 5.73 Å². The fourth-order valence-electron chi connectivity index (χ4n) is 5.56. The molecule has 58 heavy (non-hydrogen) atoms. The lowest BCUT2D eigenvalue weighted by molar-refractivity contribution is -0.161. The average molecular weight is 836 g/mol. The van der Waals surface area contributed by atoms with Crippen LogP contribution in [-0.2, 0) is 37.5 Å². The molecule has 0 aliphatic heterocycles. The van der Waals surface area contributed by atoms with Crippen LogP contribution in [0.15, 0.2) is 72.9 Å². The minimum Gasteiger partial charge on any atom is -0.480 e. The van der Waals surface area contributed by atoms with Gasteiger partial charge in [-0.1, -0.05) is 177 Å². The lowest BCUT2D eigenvalue weighted by atomic mass is 10.0. The Morgan fingerprint density at radius 1 is 0.552 bits per heavy atom. The van der Waals surface area contributed by atoms with Gasteiger partial charge in [-0.25, -0.2) is 4.57 Å². The molecule has 4 N–H and O–H groups in total. The van der Waals surface area contributed by atoms with Crippen LogP contribution in [0.2, 0.25) is 0 Å². The molecule has 0 aliphatic carbocycles. The van der Waals surface area contributed by atoms with Crippen LogP contribution >= 0.6 is 7.82 Å². The normalized spacial score (nSPS) is 14.4. The van der Waals surface area contributed by atoms with E-state index in [1.54, 1.807) is 0 Å². The van der Waals surface area contributed by atoms with E-state index in [-0.39, 0.29) is 19.4 Å². The molecule has 0 heterocycles. The number of esters is 2. The Balaban J connectivity index is 4.49. The van der Waals surface area contributed by atoms with Gasteiger partial charge in [-0.2, -0.15) is 0 Å². The Morgan fingerprint density at radius 2 is 0.966 bits per heavy atom. The third-order valence-corrected chi connectivity index (χ3v) is 9.93. The maximum atomic E-state index is 12.6. The topological polar surface area (TPSA) is 172 Å². The summed E-state index contributed by atoms with van der Waals surface area (Å²) in [4.78, 5) is 45.9. The first-order valence-corrected chi connectivity index (χ1v) is 23.5. The molecule has 0 aromatic carbocycles. The summed E-state index contributed by atoms with van der Waals surface area (Å²) in [6, 6.07) is -1.53. The van der Waals surface area contributed by atoms with Crippen molar-refractivity contribution in [1.82, 2.24) is 0 Å². The molecule has 0 spiro atoms. The van der Waals surface area contributed by atoms with E-state index >= 15 is 0 Å². The van der Waals surface area contributed by atoms with Gasteiger partial charge in [0.05, 0.1) is 13.2 Å². The lowest BCUT2D eigenvalue weighted by Crippen LogP contribution is -2.34. The summed E-state index contributed by atoms with van der Waals surface area (Å²) in [6.45, 7) is 2.61. The van der Waals surface area contributed by atoms with Gasteiger partial charge in [0.25, 0.3) is 0 Å². The zero-order chi connectivity index (χ0) is 42.8. The first-order chi connectivity index (χ1) is 28.1. The molecule has 0 saturated heterocycles. The quantitative estimate of drug-likeness (QED) is 0.0232. The lowest BCUT2D eigenvalue weighted by Gasteiger charge is -2.20. The number of hydrogen-bond acceptors (Lipinski definition) is 9. The molecule has 3 atom stereocenters. The Labute approximate surface area is 350 Å². The molecule has 0 amide bonds. The fourth-order valence-corrected chi connectivity index (χ4v) is 6.34. The second kappa shape index (κ2) is 40.7. The summed E-state index contributed by atoms with van der Waals surface area (Å²) in [5.74, 6) is -2.49. The summed E-state index contributed by atoms with van der Waals surface area (Å²) in [7, 11) is -4.74. The van der Waals surface area contributed by atoms with Crippen molar-refractivity contribution in [1.29, 1.82) is 0 Å². The predicted octanol–water partition coefficient (Wildman–Crippen LogP) is 11.7. The van der Waals surface area contributed by atoms with E-state index in [1.807, 2.05) is 18.2 Å². The number of phosphoric ester groups is 1. The van der Waals surface area contributed by atoms with Gasteiger partial charge in [0.2, 0.25) is 0 Å². The third-order valence-electron chi connectivity index (χ3n) is 8.98. The first-order valence-electron chi connectivity index (χ1n) is 22.0. The number of hydrogen-bond donors (Lipinski definition) is 3. The third kappa shape index (κ3) is 39.7. The number of carbonyl (C=O) groups is 3. The van der Waals surface area contributed by atoms with Crippen LogP contribution in [0.3, 0.4) is 0 Å². The molecule has 11 nitrogen and oxygen atoms in total. The van der Waals surface area contributed by atoms with Gasteiger partial charge >= 0.3 is 25.7 Å². The van der Waals surface area contributed by atoms with Gasteiger partial charge in [-0.05, 0) is 51.4 Å². The van der Waals surface area contributed by atoms with E-state index in [0.717, 1.165) is 51.4 Å². The zero-order valence-corrected chi connectivity index (χ0v) is 36.8. The Hall–Kier alpha value is -3.08. The molecule has 0 fully saturated rings. The van der Waals surface area contributed by atoms with Crippen LogP contribution in [-0.4, -0.2) is 59.9 Å². The van der Waals surface area contributed by atoms with Gasteiger partial charge in [0.15, 0.2) is 6.10 Å². The summed E-state index contributed by atoms with van der Waals surface area (Å²) in [5, 5.41) is 8.89. The van der Waals surface area contributed by atoms with Crippen molar-refractivity contribution in [3.63, 3.8) is 0 Å². The van der Waals surface area contributed by atoms with E-state index in [0.29, 0.717) is 19.3 Å². The maximum Gasteiger partial charge on any atom is 0.472 e. The molecule has 332 valence electrons. The smallest absolute Gasteiger partial charge is 0.472 e. The molecule has 0 aliphatic rings. The number of aliphatic carboxylic acids is 1. The van der Waals surface area contributed by atoms with Gasteiger partial charge in [-0.3, -0.25) is 23.4 Å². The average Bonchev–Trinajstić information content (AvgIpc) is 3.20. The highest BCUT2D eigenvalue weighted by molar-refractivity contribution is 7.47. The van der Waals surface area contributed by atoms with Crippen molar-refractivity contribution < 1.29 is 47.5 Å². The van der Waals surface area contributed by atoms with Crippen molar-refractivity contribution in [2.24, 2.45) is 5.73 Å². The van der Waals surface area contributed by atoms with E-state index in [2.05, 4.69) is 73.1 Å². The highest BCUT2D eigenvalue weighted by Gasteiger charge is 2.28. The molecule has 0 rings (SSSR count). The molecule has 0 bridgehead atoms. The summed E-state index contributed by atoms with van der Waals surface area (Å²) in [6.07, 6.45) is 48.4. The first kappa shape index (κ1) is 54.9. The Kier molecular flexibility index (Phi) is 38.5. The molecule has 0 aromatic heterocycles. The summed E-state index contributed by atoms with van der Waals surface area (Å²) < 4.78 is 32.6. The van der Waals surface area contributed by atoms with Crippen LogP contribution in [0.1, 0.15) is 168 Å².